The Balaban J connectivity index is 3.54. The second kappa shape index (κ2) is 5.30. The molecule has 5 nitrogen and oxygen atoms in total. The molecule has 0 fully saturated rings. The lowest BCUT2D eigenvalue weighted by Gasteiger charge is -2.03. The highest BCUT2D eigenvalue weighted by Crippen LogP contribution is 2.36. The van der Waals surface area contributed by atoms with Gasteiger partial charge in [-0.15, -0.1) is 0 Å². The van der Waals surface area contributed by atoms with Crippen LogP contribution in [0.1, 0.15) is 32.6 Å². The fraction of sp³-hybridized carbons (Fsp3) is 0.833. The second-order valence-electron chi connectivity index (χ2n) is 2.41. The molecule has 12 heavy (non-hydrogen) atoms. The van der Waals surface area contributed by atoms with E-state index in [0.717, 1.165) is 12.8 Å². The largest absolute Gasteiger partial charge is 0.526 e. The van der Waals surface area contributed by atoms with Gasteiger partial charge in [0.25, 0.3) is 0 Å². The second-order valence-corrected chi connectivity index (χ2v) is 3.57. The number of carbonyl (C=O) groups is 1. The van der Waals surface area contributed by atoms with Crippen LogP contribution in [0.5, 0.6) is 0 Å². The number of phosphoric ester groups is 1. The van der Waals surface area contributed by atoms with Crippen molar-refractivity contribution in [2.24, 2.45) is 0 Å². The summed E-state index contributed by atoms with van der Waals surface area (Å²) in [6.07, 6.45) is 2.48. The third-order valence-electron chi connectivity index (χ3n) is 1.21. The van der Waals surface area contributed by atoms with Crippen LogP contribution in [0, 0.1) is 0 Å². The number of rotatable bonds is 5. The molecule has 2 N–H and O–H groups in total. The summed E-state index contributed by atoms with van der Waals surface area (Å²) in [5, 5.41) is 0. The number of hydrogen-bond donors (Lipinski definition) is 2. The molecule has 0 amide bonds. The molecule has 0 saturated carbocycles. The Morgan fingerprint density at radius 2 is 2.00 bits per heavy atom. The van der Waals surface area contributed by atoms with E-state index in [4.69, 9.17) is 9.79 Å². The molecule has 0 aromatic carbocycles. The zero-order chi connectivity index (χ0) is 9.61. The summed E-state index contributed by atoms with van der Waals surface area (Å²) in [6.45, 7) is 1.97. The van der Waals surface area contributed by atoms with Gasteiger partial charge < -0.3 is 4.52 Å². The fourth-order valence-electron chi connectivity index (χ4n) is 0.698. The van der Waals surface area contributed by atoms with Gasteiger partial charge in [-0.05, 0) is 6.42 Å². The predicted molar refractivity (Wildman–Crippen MR) is 42.3 cm³/mol. The third kappa shape index (κ3) is 7.72. The number of carbonyl (C=O) groups excluding carboxylic acids is 1. The van der Waals surface area contributed by atoms with E-state index in [1.807, 2.05) is 6.92 Å². The summed E-state index contributed by atoms with van der Waals surface area (Å²) in [4.78, 5) is 27.0. The molecule has 0 unspecified atom stereocenters. The zero-order valence-electron chi connectivity index (χ0n) is 6.89. The molecule has 0 heterocycles. The predicted octanol–water partition coefficient (Wildman–Crippen LogP) is 1.20. The van der Waals surface area contributed by atoms with E-state index in [1.54, 1.807) is 0 Å². The van der Waals surface area contributed by atoms with Gasteiger partial charge in [-0.3, -0.25) is 14.6 Å². The molecule has 0 rings (SSSR count). The first-order valence-corrected chi connectivity index (χ1v) is 5.26. The highest BCUT2D eigenvalue weighted by Gasteiger charge is 2.19. The molecule has 6 heteroatoms. The smallest absolute Gasteiger partial charge is 0.371 e. The minimum absolute atomic E-state index is 0.0684. The van der Waals surface area contributed by atoms with Crippen LogP contribution in [0.15, 0.2) is 0 Å². The van der Waals surface area contributed by atoms with Gasteiger partial charge in [0.05, 0.1) is 0 Å². The highest BCUT2D eigenvalue weighted by atomic mass is 31.2. The number of hydrogen-bond acceptors (Lipinski definition) is 3. The van der Waals surface area contributed by atoms with Crippen LogP contribution in [0.3, 0.4) is 0 Å². The van der Waals surface area contributed by atoms with Gasteiger partial charge in [-0.2, -0.15) is 0 Å². The average Bonchev–Trinajstić information content (AvgIpc) is 1.84. The van der Waals surface area contributed by atoms with Crippen LogP contribution in [0.2, 0.25) is 0 Å². The topological polar surface area (TPSA) is 83.8 Å². The lowest BCUT2D eigenvalue weighted by Crippen LogP contribution is -2.01. The molecule has 72 valence electrons. The molecule has 0 bridgehead atoms. The Bertz CT molecular complexity index is 184. The summed E-state index contributed by atoms with van der Waals surface area (Å²) < 4.78 is 13.9. The average molecular weight is 196 g/mol. The van der Waals surface area contributed by atoms with Gasteiger partial charge in [0.1, 0.15) is 0 Å². The van der Waals surface area contributed by atoms with Gasteiger partial charge in [-0.25, -0.2) is 4.57 Å². The maximum atomic E-state index is 10.6. The van der Waals surface area contributed by atoms with Crippen molar-refractivity contribution >= 4 is 13.8 Å². The van der Waals surface area contributed by atoms with Crippen molar-refractivity contribution in [3.8, 4) is 0 Å². The Hall–Kier alpha value is -0.380. The first kappa shape index (κ1) is 11.6. The van der Waals surface area contributed by atoms with E-state index in [9.17, 15) is 9.36 Å². The molecule has 0 atom stereocenters. The van der Waals surface area contributed by atoms with Gasteiger partial charge in [0, 0.05) is 6.42 Å². The van der Waals surface area contributed by atoms with E-state index in [0.29, 0.717) is 6.42 Å². The Morgan fingerprint density at radius 1 is 1.42 bits per heavy atom. The van der Waals surface area contributed by atoms with Gasteiger partial charge in [-0.1, -0.05) is 19.8 Å². The molecule has 0 radical (unpaired) electrons. The monoisotopic (exact) mass is 196 g/mol. The van der Waals surface area contributed by atoms with Crippen LogP contribution < -0.4 is 0 Å². The zero-order valence-corrected chi connectivity index (χ0v) is 7.79. The first-order chi connectivity index (χ1) is 5.45. The summed E-state index contributed by atoms with van der Waals surface area (Å²) in [5.41, 5.74) is 0. The first-order valence-electron chi connectivity index (χ1n) is 3.73. The van der Waals surface area contributed by atoms with Crippen LogP contribution in [0.25, 0.3) is 0 Å². The standard InChI is InChI=1S/C6H13O5P/c1-2-3-4-5-6(7)11-12(8,9)10/h2-5H2,1H3,(H2,8,9,10). The highest BCUT2D eigenvalue weighted by molar-refractivity contribution is 7.46. The Labute approximate surface area is 71.0 Å². The quantitative estimate of drug-likeness (QED) is 0.509. The molecule has 0 aliphatic carbocycles. The van der Waals surface area contributed by atoms with Crippen molar-refractivity contribution in [2.75, 3.05) is 0 Å². The summed E-state index contributed by atoms with van der Waals surface area (Å²) >= 11 is 0. The van der Waals surface area contributed by atoms with E-state index in [-0.39, 0.29) is 6.42 Å². The molecule has 0 aromatic heterocycles. The summed E-state index contributed by atoms with van der Waals surface area (Å²) in [7, 11) is -4.62. The minimum atomic E-state index is -4.62. The maximum absolute atomic E-state index is 10.6. The minimum Gasteiger partial charge on any atom is -0.371 e. The van der Waals surface area contributed by atoms with Crippen LogP contribution in [-0.4, -0.2) is 15.8 Å². The van der Waals surface area contributed by atoms with E-state index >= 15 is 0 Å². The van der Waals surface area contributed by atoms with Crippen molar-refractivity contribution in [1.82, 2.24) is 0 Å². The lowest BCUT2D eigenvalue weighted by molar-refractivity contribution is -0.135. The molecule has 0 spiro atoms. The maximum Gasteiger partial charge on any atom is 0.526 e. The Morgan fingerprint density at radius 3 is 2.42 bits per heavy atom. The van der Waals surface area contributed by atoms with Gasteiger partial charge >= 0.3 is 13.8 Å². The van der Waals surface area contributed by atoms with Crippen LogP contribution in [-0.2, 0) is 13.9 Å². The SMILES string of the molecule is CCCCCC(=O)OP(=O)(O)O. The molecular formula is C6H13O5P. The van der Waals surface area contributed by atoms with Crippen molar-refractivity contribution in [3.63, 3.8) is 0 Å². The molecule has 0 aliphatic heterocycles. The molecule has 0 aliphatic rings. The van der Waals surface area contributed by atoms with Crippen LogP contribution in [0.4, 0.5) is 0 Å². The van der Waals surface area contributed by atoms with Crippen molar-refractivity contribution in [1.29, 1.82) is 0 Å². The lowest BCUT2D eigenvalue weighted by atomic mass is 10.2. The summed E-state index contributed by atoms with van der Waals surface area (Å²) in [5.74, 6) is -0.836. The van der Waals surface area contributed by atoms with Crippen molar-refractivity contribution < 1.29 is 23.7 Å². The fourth-order valence-corrected chi connectivity index (χ4v) is 1.05. The van der Waals surface area contributed by atoms with Crippen LogP contribution >= 0.6 is 7.82 Å². The van der Waals surface area contributed by atoms with Gasteiger partial charge in [0.15, 0.2) is 0 Å². The third-order valence-corrected chi connectivity index (χ3v) is 1.65. The van der Waals surface area contributed by atoms with Gasteiger partial charge in [0.2, 0.25) is 0 Å². The van der Waals surface area contributed by atoms with Crippen molar-refractivity contribution in [3.05, 3.63) is 0 Å². The number of phosphoric acid groups is 1. The molecule has 0 saturated heterocycles. The molecular weight excluding hydrogens is 183 g/mol. The van der Waals surface area contributed by atoms with E-state index in [1.165, 1.54) is 0 Å². The number of unbranched alkanes of at least 4 members (excludes halogenated alkanes) is 2. The van der Waals surface area contributed by atoms with Crippen molar-refractivity contribution in [2.45, 2.75) is 32.6 Å². The summed E-state index contributed by atoms with van der Waals surface area (Å²) in [6, 6.07) is 0. The Kier molecular flexibility index (Phi) is 5.13. The van der Waals surface area contributed by atoms with E-state index < -0.39 is 13.8 Å². The normalized spacial score (nSPS) is 11.2. The molecule has 0 aromatic rings. The van der Waals surface area contributed by atoms with E-state index in [2.05, 4.69) is 4.52 Å².